The predicted octanol–water partition coefficient (Wildman–Crippen LogP) is 3.24. The van der Waals surface area contributed by atoms with Crippen LogP contribution in [0.4, 0.5) is 0 Å². The first-order valence-corrected chi connectivity index (χ1v) is 7.32. The molecule has 2 heterocycles. The summed E-state index contributed by atoms with van der Waals surface area (Å²) in [6.07, 6.45) is 2.22. The minimum atomic E-state index is 0.635. The normalized spacial score (nSPS) is 23.8. The Hall–Kier alpha value is -0.250. The molecule has 2 aliphatic heterocycles. The lowest BCUT2D eigenvalue weighted by atomic mass is 10.1. The Morgan fingerprint density at radius 3 is 3.12 bits per heavy atom. The zero-order valence-electron chi connectivity index (χ0n) is 9.59. The maximum Gasteiger partial charge on any atom is 0.127 e. The number of ether oxygens (including phenoxy) is 1. The van der Waals surface area contributed by atoms with E-state index < -0.39 is 0 Å². The molecule has 1 aromatic carbocycles. The average Bonchev–Trinajstić information content (AvgIpc) is 2.87. The molecule has 1 unspecified atom stereocenters. The van der Waals surface area contributed by atoms with Crippen LogP contribution in [0.15, 0.2) is 12.1 Å². The molecular weight excluding hydrogens is 302 g/mol. The van der Waals surface area contributed by atoms with Gasteiger partial charge in [-0.25, -0.2) is 0 Å². The molecule has 17 heavy (non-hydrogen) atoms. The fourth-order valence-corrected chi connectivity index (χ4v) is 3.51. The summed E-state index contributed by atoms with van der Waals surface area (Å²) in [5, 5.41) is 0.832. The van der Waals surface area contributed by atoms with Gasteiger partial charge in [0.2, 0.25) is 0 Å². The van der Waals surface area contributed by atoms with Gasteiger partial charge in [-0.1, -0.05) is 27.5 Å². The summed E-state index contributed by atoms with van der Waals surface area (Å²) < 4.78 is 5.72. The summed E-state index contributed by atoms with van der Waals surface area (Å²) in [5.41, 5.74) is 2.51. The minimum Gasteiger partial charge on any atom is -0.493 e. The van der Waals surface area contributed by atoms with Crippen molar-refractivity contribution in [1.29, 1.82) is 0 Å². The maximum atomic E-state index is 6.16. The molecule has 0 N–H and O–H groups in total. The molecule has 1 aromatic rings. The SMILES string of the molecule is Clc1cc2c(c(CN3CCC(Br)C3)c1)OCC2. The monoisotopic (exact) mass is 315 g/mol. The van der Waals surface area contributed by atoms with Crippen LogP contribution in [-0.4, -0.2) is 29.4 Å². The standard InChI is InChI=1S/C13H15BrClNO/c14-11-1-3-16(8-11)7-10-6-12(15)5-9-2-4-17-13(9)10/h5-6,11H,1-4,7-8H2. The van der Waals surface area contributed by atoms with E-state index in [1.54, 1.807) is 0 Å². The van der Waals surface area contributed by atoms with Gasteiger partial charge in [-0.3, -0.25) is 4.90 Å². The summed E-state index contributed by atoms with van der Waals surface area (Å²) in [5.74, 6) is 1.08. The van der Waals surface area contributed by atoms with Gasteiger partial charge >= 0.3 is 0 Å². The number of likely N-dealkylation sites (tertiary alicyclic amines) is 1. The van der Waals surface area contributed by atoms with E-state index in [4.69, 9.17) is 16.3 Å². The van der Waals surface area contributed by atoms with E-state index in [9.17, 15) is 0 Å². The second kappa shape index (κ2) is 4.79. The molecule has 92 valence electrons. The summed E-state index contributed by atoms with van der Waals surface area (Å²) in [6.45, 7) is 4.01. The highest BCUT2D eigenvalue weighted by molar-refractivity contribution is 9.09. The maximum absolute atomic E-state index is 6.16. The van der Waals surface area contributed by atoms with Crippen molar-refractivity contribution in [2.45, 2.75) is 24.2 Å². The van der Waals surface area contributed by atoms with E-state index in [-0.39, 0.29) is 0 Å². The van der Waals surface area contributed by atoms with Crippen molar-refractivity contribution in [2.24, 2.45) is 0 Å². The third-order valence-corrected chi connectivity index (χ3v) is 4.40. The van der Waals surface area contributed by atoms with Crippen LogP contribution < -0.4 is 4.74 Å². The molecule has 2 nitrogen and oxygen atoms in total. The van der Waals surface area contributed by atoms with Gasteiger partial charge < -0.3 is 4.74 Å². The van der Waals surface area contributed by atoms with Crippen molar-refractivity contribution in [2.75, 3.05) is 19.7 Å². The molecule has 0 spiro atoms. The lowest BCUT2D eigenvalue weighted by molar-refractivity contribution is 0.313. The highest BCUT2D eigenvalue weighted by atomic mass is 79.9. The first-order chi connectivity index (χ1) is 8.22. The van der Waals surface area contributed by atoms with Gasteiger partial charge in [-0.15, -0.1) is 0 Å². The topological polar surface area (TPSA) is 12.5 Å². The zero-order valence-corrected chi connectivity index (χ0v) is 11.9. The number of rotatable bonds is 2. The molecule has 0 bridgehead atoms. The van der Waals surface area contributed by atoms with Crippen molar-refractivity contribution in [1.82, 2.24) is 4.90 Å². The molecular formula is C13H15BrClNO. The number of halogens is 2. The van der Waals surface area contributed by atoms with Crippen molar-refractivity contribution >= 4 is 27.5 Å². The van der Waals surface area contributed by atoms with Crippen LogP contribution in [0.1, 0.15) is 17.5 Å². The van der Waals surface area contributed by atoms with Crippen LogP contribution in [0.2, 0.25) is 5.02 Å². The fourth-order valence-electron chi connectivity index (χ4n) is 2.63. The largest absolute Gasteiger partial charge is 0.493 e. The summed E-state index contributed by atoms with van der Waals surface area (Å²) in [4.78, 5) is 3.09. The van der Waals surface area contributed by atoms with Crippen LogP contribution in [0.3, 0.4) is 0 Å². The number of hydrogen-bond donors (Lipinski definition) is 0. The van der Waals surface area contributed by atoms with Gasteiger partial charge in [0.25, 0.3) is 0 Å². The van der Waals surface area contributed by atoms with Crippen molar-refractivity contribution in [3.63, 3.8) is 0 Å². The van der Waals surface area contributed by atoms with Gasteiger partial charge in [0.15, 0.2) is 0 Å². The third kappa shape index (κ3) is 2.47. The molecule has 1 fully saturated rings. The van der Waals surface area contributed by atoms with Crippen LogP contribution >= 0.6 is 27.5 Å². The van der Waals surface area contributed by atoms with E-state index in [1.165, 1.54) is 17.5 Å². The average molecular weight is 317 g/mol. The molecule has 0 aromatic heterocycles. The van der Waals surface area contributed by atoms with Crippen LogP contribution in [0.25, 0.3) is 0 Å². The van der Waals surface area contributed by atoms with Crippen molar-refractivity contribution < 1.29 is 4.74 Å². The molecule has 0 aliphatic carbocycles. The van der Waals surface area contributed by atoms with Gasteiger partial charge in [-0.05, 0) is 30.7 Å². The number of fused-ring (bicyclic) bond motifs is 1. The van der Waals surface area contributed by atoms with Gasteiger partial charge in [0.05, 0.1) is 6.61 Å². The Bertz CT molecular complexity index is 438. The van der Waals surface area contributed by atoms with Crippen molar-refractivity contribution in [3.05, 3.63) is 28.3 Å². The Morgan fingerprint density at radius 1 is 1.47 bits per heavy atom. The second-order valence-electron chi connectivity index (χ2n) is 4.77. The zero-order chi connectivity index (χ0) is 11.8. The number of nitrogens with zero attached hydrogens (tertiary/aromatic N) is 1. The molecule has 0 saturated carbocycles. The minimum absolute atomic E-state index is 0.635. The first kappa shape index (κ1) is 11.8. The van der Waals surface area contributed by atoms with Crippen LogP contribution in [-0.2, 0) is 13.0 Å². The summed E-state index contributed by atoms with van der Waals surface area (Å²) >= 11 is 9.83. The van der Waals surface area contributed by atoms with Gasteiger partial charge in [0.1, 0.15) is 5.75 Å². The number of hydrogen-bond acceptors (Lipinski definition) is 2. The van der Waals surface area contributed by atoms with E-state index in [1.807, 2.05) is 12.1 Å². The van der Waals surface area contributed by atoms with Gasteiger partial charge in [0, 0.05) is 34.9 Å². The fraction of sp³-hybridized carbons (Fsp3) is 0.538. The van der Waals surface area contributed by atoms with E-state index in [2.05, 4.69) is 20.8 Å². The smallest absolute Gasteiger partial charge is 0.127 e. The predicted molar refractivity (Wildman–Crippen MR) is 73.3 cm³/mol. The second-order valence-corrected chi connectivity index (χ2v) is 6.50. The molecule has 0 amide bonds. The Kier molecular flexibility index (Phi) is 3.33. The van der Waals surface area contributed by atoms with E-state index in [0.29, 0.717) is 4.83 Å². The number of alkyl halides is 1. The van der Waals surface area contributed by atoms with Crippen LogP contribution in [0, 0.1) is 0 Å². The molecule has 1 atom stereocenters. The molecule has 3 rings (SSSR count). The van der Waals surface area contributed by atoms with E-state index >= 15 is 0 Å². The van der Waals surface area contributed by atoms with E-state index in [0.717, 1.165) is 43.4 Å². The Morgan fingerprint density at radius 2 is 2.35 bits per heavy atom. The Labute approximate surface area is 115 Å². The molecule has 0 radical (unpaired) electrons. The lowest BCUT2D eigenvalue weighted by Crippen LogP contribution is -2.20. The molecule has 2 aliphatic rings. The molecule has 1 saturated heterocycles. The summed E-state index contributed by atoms with van der Waals surface area (Å²) in [6, 6.07) is 4.08. The third-order valence-electron chi connectivity index (χ3n) is 3.43. The van der Waals surface area contributed by atoms with Crippen molar-refractivity contribution in [3.8, 4) is 5.75 Å². The van der Waals surface area contributed by atoms with Crippen LogP contribution in [0.5, 0.6) is 5.75 Å². The van der Waals surface area contributed by atoms with Gasteiger partial charge in [-0.2, -0.15) is 0 Å². The first-order valence-electron chi connectivity index (χ1n) is 6.03. The quantitative estimate of drug-likeness (QED) is 0.777. The summed E-state index contributed by atoms with van der Waals surface area (Å²) in [7, 11) is 0. The number of benzene rings is 1. The Balaban J connectivity index is 1.83. The highest BCUT2D eigenvalue weighted by Crippen LogP contribution is 2.34. The highest BCUT2D eigenvalue weighted by Gasteiger charge is 2.23. The lowest BCUT2D eigenvalue weighted by Gasteiger charge is -2.17. The molecule has 4 heteroatoms.